The Kier molecular flexibility index (Phi) is 2.75. The number of nitrogen functional groups attached to an aromatic ring is 1. The summed E-state index contributed by atoms with van der Waals surface area (Å²) in [7, 11) is 1.58. The van der Waals surface area contributed by atoms with Gasteiger partial charge in [-0.3, -0.25) is 0 Å². The van der Waals surface area contributed by atoms with Crippen LogP contribution in [0.3, 0.4) is 0 Å². The highest BCUT2D eigenvalue weighted by molar-refractivity contribution is 6.35. The van der Waals surface area contributed by atoms with Crippen LogP contribution in [0, 0.1) is 6.92 Å². The molecule has 2 rings (SSSR count). The number of nitrogens with zero attached hydrogens (tertiary/aromatic N) is 1. The van der Waals surface area contributed by atoms with Crippen LogP contribution >= 0.6 is 11.6 Å². The lowest BCUT2D eigenvalue weighted by Crippen LogP contribution is -1.92. The molecular weight excluding hydrogens is 228 g/mol. The molecule has 0 fully saturated rings. The number of hydrogen-bond acceptors (Lipinski definition) is 4. The maximum atomic E-state index is 6.23. The Bertz CT molecular complexity index is 523. The van der Waals surface area contributed by atoms with E-state index in [-0.39, 0.29) is 5.88 Å². The average Bonchev–Trinajstić information content (AvgIpc) is 2.66. The van der Waals surface area contributed by atoms with Gasteiger partial charge in [0, 0.05) is 5.56 Å². The van der Waals surface area contributed by atoms with Gasteiger partial charge in [-0.25, -0.2) is 0 Å². The lowest BCUT2D eigenvalue weighted by Gasteiger charge is -2.10. The molecule has 0 bridgehead atoms. The number of halogens is 1. The molecule has 0 unspecified atom stereocenters. The fourth-order valence-electron chi connectivity index (χ4n) is 1.56. The predicted molar refractivity (Wildman–Crippen MR) is 62.7 cm³/mol. The second-order valence-electron chi connectivity index (χ2n) is 3.38. The van der Waals surface area contributed by atoms with Crippen molar-refractivity contribution in [2.75, 3.05) is 12.8 Å². The molecule has 0 aliphatic rings. The summed E-state index contributed by atoms with van der Waals surface area (Å²) in [5.41, 5.74) is 8.03. The van der Waals surface area contributed by atoms with Gasteiger partial charge in [-0.2, -0.15) is 0 Å². The lowest BCUT2D eigenvalue weighted by molar-refractivity contribution is 0.412. The molecule has 0 spiro atoms. The summed E-state index contributed by atoms with van der Waals surface area (Å²) < 4.78 is 10.0. The van der Waals surface area contributed by atoms with E-state index in [1.807, 2.05) is 19.1 Å². The van der Waals surface area contributed by atoms with Gasteiger partial charge in [0.05, 0.1) is 23.9 Å². The van der Waals surface area contributed by atoms with E-state index in [1.165, 1.54) is 6.20 Å². The molecule has 0 saturated carbocycles. The standard InChI is InChI=1S/C11H11ClN2O2/c1-6-3-4-7(9(12)10(6)15-2)8-5-14-16-11(8)13/h3-5H,13H2,1-2H3. The number of methoxy groups -OCH3 is 1. The van der Waals surface area contributed by atoms with Crippen LogP contribution in [0.5, 0.6) is 5.75 Å². The number of hydrogen-bond donors (Lipinski definition) is 1. The van der Waals surface area contributed by atoms with Crippen LogP contribution < -0.4 is 10.5 Å². The van der Waals surface area contributed by atoms with Crippen molar-refractivity contribution in [3.63, 3.8) is 0 Å². The first kappa shape index (κ1) is 10.8. The summed E-state index contributed by atoms with van der Waals surface area (Å²) in [5, 5.41) is 4.13. The fraction of sp³-hybridized carbons (Fsp3) is 0.182. The molecule has 0 atom stereocenters. The molecule has 0 aliphatic carbocycles. The lowest BCUT2D eigenvalue weighted by atomic mass is 10.1. The van der Waals surface area contributed by atoms with Crippen molar-refractivity contribution in [3.8, 4) is 16.9 Å². The zero-order valence-corrected chi connectivity index (χ0v) is 9.71. The van der Waals surface area contributed by atoms with Crippen LogP contribution in [0.1, 0.15) is 5.56 Å². The van der Waals surface area contributed by atoms with Gasteiger partial charge in [0.15, 0.2) is 0 Å². The second kappa shape index (κ2) is 4.06. The highest BCUT2D eigenvalue weighted by atomic mass is 35.5. The van der Waals surface area contributed by atoms with Crippen LogP contribution in [0.15, 0.2) is 22.9 Å². The van der Waals surface area contributed by atoms with Gasteiger partial charge in [-0.1, -0.05) is 28.9 Å². The first-order chi connectivity index (χ1) is 7.65. The van der Waals surface area contributed by atoms with Gasteiger partial charge >= 0.3 is 0 Å². The predicted octanol–water partition coefficient (Wildman–Crippen LogP) is 2.89. The molecule has 0 saturated heterocycles. The van der Waals surface area contributed by atoms with Gasteiger partial charge in [0.1, 0.15) is 5.75 Å². The molecule has 1 aromatic heterocycles. The van der Waals surface area contributed by atoms with E-state index in [0.29, 0.717) is 16.3 Å². The number of rotatable bonds is 2. The maximum absolute atomic E-state index is 6.23. The van der Waals surface area contributed by atoms with Gasteiger partial charge in [-0.15, -0.1) is 0 Å². The summed E-state index contributed by atoms with van der Waals surface area (Å²) in [6.45, 7) is 1.92. The van der Waals surface area contributed by atoms with E-state index in [9.17, 15) is 0 Å². The summed E-state index contributed by atoms with van der Waals surface area (Å²) in [5.74, 6) is 0.882. The first-order valence-corrected chi connectivity index (χ1v) is 5.06. The third-order valence-corrected chi connectivity index (χ3v) is 2.76. The highest BCUT2D eigenvalue weighted by Gasteiger charge is 2.15. The highest BCUT2D eigenvalue weighted by Crippen LogP contribution is 2.39. The van der Waals surface area contributed by atoms with Crippen molar-refractivity contribution in [1.82, 2.24) is 5.16 Å². The minimum atomic E-state index is 0.243. The Morgan fingerprint density at radius 3 is 2.69 bits per heavy atom. The molecule has 0 aliphatic heterocycles. The van der Waals surface area contributed by atoms with Crippen LogP contribution in [-0.4, -0.2) is 12.3 Å². The second-order valence-corrected chi connectivity index (χ2v) is 3.76. The topological polar surface area (TPSA) is 61.3 Å². The largest absolute Gasteiger partial charge is 0.495 e. The van der Waals surface area contributed by atoms with E-state index in [4.69, 9.17) is 26.6 Å². The SMILES string of the molecule is COc1c(C)ccc(-c2cnoc2N)c1Cl. The minimum absolute atomic E-state index is 0.243. The average molecular weight is 239 g/mol. The molecule has 2 N–H and O–H groups in total. The molecule has 2 aromatic rings. The Morgan fingerprint density at radius 2 is 2.12 bits per heavy atom. The number of nitrogens with two attached hydrogens (primary N) is 1. The Balaban J connectivity index is 2.63. The van der Waals surface area contributed by atoms with Crippen LogP contribution in [0.25, 0.3) is 11.1 Å². The van der Waals surface area contributed by atoms with E-state index in [2.05, 4.69) is 5.16 Å². The van der Waals surface area contributed by atoms with Gasteiger partial charge < -0.3 is 15.0 Å². The Hall–Kier alpha value is -1.68. The molecule has 1 aromatic carbocycles. The molecule has 1 heterocycles. The third kappa shape index (κ3) is 1.61. The van der Waals surface area contributed by atoms with Gasteiger partial charge in [-0.05, 0) is 12.5 Å². The van der Waals surface area contributed by atoms with Crippen molar-refractivity contribution in [2.45, 2.75) is 6.92 Å². The summed E-state index contributed by atoms with van der Waals surface area (Å²) in [6, 6.07) is 3.77. The van der Waals surface area contributed by atoms with Crippen molar-refractivity contribution in [3.05, 3.63) is 28.9 Å². The van der Waals surface area contributed by atoms with Crippen molar-refractivity contribution < 1.29 is 9.26 Å². The summed E-state index contributed by atoms with van der Waals surface area (Å²) >= 11 is 6.23. The monoisotopic (exact) mass is 238 g/mol. The molecule has 84 valence electrons. The van der Waals surface area contributed by atoms with Gasteiger partial charge in [0.2, 0.25) is 5.88 Å². The number of anilines is 1. The first-order valence-electron chi connectivity index (χ1n) is 4.68. The number of aromatic nitrogens is 1. The third-order valence-electron chi connectivity index (χ3n) is 2.39. The van der Waals surface area contributed by atoms with E-state index in [0.717, 1.165) is 11.1 Å². The quantitative estimate of drug-likeness (QED) is 0.874. The zero-order valence-electron chi connectivity index (χ0n) is 8.95. The van der Waals surface area contributed by atoms with E-state index < -0.39 is 0 Å². The smallest absolute Gasteiger partial charge is 0.230 e. The van der Waals surface area contributed by atoms with Crippen LogP contribution in [0.2, 0.25) is 5.02 Å². The molecule has 0 amide bonds. The number of ether oxygens (including phenoxy) is 1. The Labute approximate surface area is 97.9 Å². The molecule has 5 heteroatoms. The number of benzene rings is 1. The van der Waals surface area contributed by atoms with Gasteiger partial charge in [0.25, 0.3) is 0 Å². The maximum Gasteiger partial charge on any atom is 0.230 e. The summed E-state index contributed by atoms with van der Waals surface area (Å²) in [4.78, 5) is 0. The summed E-state index contributed by atoms with van der Waals surface area (Å²) in [6.07, 6.45) is 1.53. The molecule has 16 heavy (non-hydrogen) atoms. The van der Waals surface area contributed by atoms with E-state index in [1.54, 1.807) is 7.11 Å². The Morgan fingerprint density at radius 1 is 1.38 bits per heavy atom. The van der Waals surface area contributed by atoms with Crippen LogP contribution in [-0.2, 0) is 0 Å². The minimum Gasteiger partial charge on any atom is -0.495 e. The molecular formula is C11H11ClN2O2. The van der Waals surface area contributed by atoms with Crippen molar-refractivity contribution >= 4 is 17.5 Å². The zero-order chi connectivity index (χ0) is 11.7. The number of aryl methyl sites for hydroxylation is 1. The fourth-order valence-corrected chi connectivity index (χ4v) is 1.95. The normalized spacial score (nSPS) is 10.4. The van der Waals surface area contributed by atoms with E-state index >= 15 is 0 Å². The van der Waals surface area contributed by atoms with Crippen molar-refractivity contribution in [2.24, 2.45) is 0 Å². The molecule has 4 nitrogen and oxygen atoms in total. The van der Waals surface area contributed by atoms with Crippen molar-refractivity contribution in [1.29, 1.82) is 0 Å². The van der Waals surface area contributed by atoms with Crippen LogP contribution in [0.4, 0.5) is 5.88 Å². The molecule has 0 radical (unpaired) electrons.